The zero-order valence-electron chi connectivity index (χ0n) is 13.4. The molecule has 0 bridgehead atoms. The topological polar surface area (TPSA) is 122 Å². The van der Waals surface area contributed by atoms with Crippen LogP contribution in [0.25, 0.3) is 10.8 Å². The minimum Gasteiger partial charge on any atom is -0.351 e. The number of nitrogens with zero attached hydrogens (tertiary/aromatic N) is 1. The summed E-state index contributed by atoms with van der Waals surface area (Å²) in [6.07, 6.45) is 0. The summed E-state index contributed by atoms with van der Waals surface area (Å²) in [5.41, 5.74) is 4.18. The number of hydrogen-bond donors (Lipinski definition) is 3. The van der Waals surface area contributed by atoms with Crippen molar-refractivity contribution in [1.29, 1.82) is 0 Å². The van der Waals surface area contributed by atoms with Crippen LogP contribution in [0.5, 0.6) is 0 Å². The van der Waals surface area contributed by atoms with Gasteiger partial charge in [0.15, 0.2) is 0 Å². The smallest absolute Gasteiger partial charge is 0.325 e. The average Bonchev–Trinajstić information content (AvgIpc) is 2.78. The third-order valence-corrected chi connectivity index (χ3v) is 4.17. The number of carbonyl (C=O) groups is 4. The van der Waals surface area contributed by atoms with Crippen LogP contribution in [0.15, 0.2) is 42.5 Å². The third kappa shape index (κ3) is 2.78. The van der Waals surface area contributed by atoms with Crippen molar-refractivity contribution in [1.82, 2.24) is 15.5 Å². The van der Waals surface area contributed by atoms with E-state index in [1.165, 1.54) is 0 Å². The summed E-state index contributed by atoms with van der Waals surface area (Å²) >= 11 is 0. The lowest BCUT2D eigenvalue weighted by atomic mass is 9.88. The molecular formula is C17H16N4O4. The van der Waals surface area contributed by atoms with Gasteiger partial charge in [0, 0.05) is 0 Å². The number of primary amides is 1. The summed E-state index contributed by atoms with van der Waals surface area (Å²) < 4.78 is 0. The quantitative estimate of drug-likeness (QED) is 0.715. The van der Waals surface area contributed by atoms with Gasteiger partial charge in [0.1, 0.15) is 12.1 Å². The van der Waals surface area contributed by atoms with Crippen LogP contribution in [-0.2, 0) is 15.1 Å². The Morgan fingerprint density at radius 1 is 1.16 bits per heavy atom. The second-order valence-electron chi connectivity index (χ2n) is 5.89. The number of carbonyl (C=O) groups excluding carboxylic acids is 4. The van der Waals surface area contributed by atoms with E-state index in [9.17, 15) is 19.2 Å². The van der Waals surface area contributed by atoms with Gasteiger partial charge < -0.3 is 11.1 Å². The highest BCUT2D eigenvalue weighted by Crippen LogP contribution is 2.33. The van der Waals surface area contributed by atoms with Gasteiger partial charge in [-0.1, -0.05) is 42.5 Å². The monoisotopic (exact) mass is 340 g/mol. The van der Waals surface area contributed by atoms with E-state index in [-0.39, 0.29) is 0 Å². The van der Waals surface area contributed by atoms with Gasteiger partial charge in [-0.25, -0.2) is 9.59 Å². The Hall–Kier alpha value is -3.42. The van der Waals surface area contributed by atoms with E-state index in [4.69, 9.17) is 5.73 Å². The first-order valence-corrected chi connectivity index (χ1v) is 7.54. The average molecular weight is 340 g/mol. The standard InChI is InChI=1S/C17H16N4O4/c1-17(12-8-4-6-10-5-2-3-7-11(10)12)14(23)21(16(25)20-17)9-13(22)19-15(18)24/h2-8H,9H2,1H3,(H,20,25)(H3,18,19,22,24)/t17-/m1/s1. The molecule has 1 aliphatic rings. The molecule has 25 heavy (non-hydrogen) atoms. The van der Waals surface area contributed by atoms with Crippen LogP contribution < -0.4 is 16.4 Å². The predicted octanol–water partition coefficient (Wildman–Crippen LogP) is 0.802. The van der Waals surface area contributed by atoms with Crippen molar-refractivity contribution in [2.24, 2.45) is 5.73 Å². The molecule has 1 fully saturated rings. The van der Waals surface area contributed by atoms with Crippen molar-refractivity contribution < 1.29 is 19.2 Å². The van der Waals surface area contributed by atoms with Crippen molar-refractivity contribution in [3.63, 3.8) is 0 Å². The molecule has 1 atom stereocenters. The van der Waals surface area contributed by atoms with E-state index in [1.807, 2.05) is 35.6 Å². The molecule has 0 unspecified atom stereocenters. The molecule has 6 amide bonds. The molecule has 128 valence electrons. The fourth-order valence-corrected chi connectivity index (χ4v) is 3.01. The highest BCUT2D eigenvalue weighted by atomic mass is 16.2. The molecule has 0 saturated carbocycles. The Labute approximate surface area is 143 Å². The first kappa shape index (κ1) is 16.4. The number of benzene rings is 2. The molecule has 1 saturated heterocycles. The molecule has 0 spiro atoms. The Morgan fingerprint density at radius 2 is 1.84 bits per heavy atom. The summed E-state index contributed by atoms with van der Waals surface area (Å²) in [7, 11) is 0. The molecule has 0 aliphatic carbocycles. The molecule has 3 rings (SSSR count). The fraction of sp³-hybridized carbons (Fsp3) is 0.176. The zero-order valence-corrected chi connectivity index (χ0v) is 13.4. The van der Waals surface area contributed by atoms with Crippen LogP contribution in [0.1, 0.15) is 12.5 Å². The number of hydrogen-bond acceptors (Lipinski definition) is 4. The van der Waals surface area contributed by atoms with E-state index < -0.39 is 36.0 Å². The van der Waals surface area contributed by atoms with Crippen LogP contribution in [-0.4, -0.2) is 35.3 Å². The lowest BCUT2D eigenvalue weighted by molar-refractivity contribution is -0.134. The number of fused-ring (bicyclic) bond motifs is 1. The van der Waals surface area contributed by atoms with Gasteiger partial charge in [-0.15, -0.1) is 0 Å². The van der Waals surface area contributed by atoms with Gasteiger partial charge in [0.05, 0.1) is 0 Å². The Kier molecular flexibility index (Phi) is 3.88. The molecule has 1 heterocycles. The lowest BCUT2D eigenvalue weighted by Crippen LogP contribution is -2.45. The number of amides is 6. The lowest BCUT2D eigenvalue weighted by Gasteiger charge is -2.24. The largest absolute Gasteiger partial charge is 0.351 e. The maximum atomic E-state index is 12.8. The predicted molar refractivity (Wildman–Crippen MR) is 89.3 cm³/mol. The molecule has 0 aromatic heterocycles. The minimum atomic E-state index is -1.31. The SMILES string of the molecule is C[C@]1(c2cccc3ccccc23)NC(=O)N(CC(=O)NC(N)=O)C1=O. The highest BCUT2D eigenvalue weighted by Gasteiger charge is 2.50. The molecule has 8 nitrogen and oxygen atoms in total. The molecule has 8 heteroatoms. The van der Waals surface area contributed by atoms with Gasteiger partial charge >= 0.3 is 12.1 Å². The van der Waals surface area contributed by atoms with Gasteiger partial charge in [0.25, 0.3) is 5.91 Å². The number of imide groups is 2. The molecule has 2 aromatic carbocycles. The van der Waals surface area contributed by atoms with E-state index in [2.05, 4.69) is 5.32 Å². The number of nitrogens with one attached hydrogen (secondary N) is 2. The van der Waals surface area contributed by atoms with Gasteiger partial charge in [-0.05, 0) is 23.3 Å². The maximum absolute atomic E-state index is 12.8. The maximum Gasteiger partial charge on any atom is 0.325 e. The van der Waals surface area contributed by atoms with Crippen LogP contribution in [0.2, 0.25) is 0 Å². The second-order valence-corrected chi connectivity index (χ2v) is 5.89. The van der Waals surface area contributed by atoms with Crippen molar-refractivity contribution in [3.05, 3.63) is 48.0 Å². The van der Waals surface area contributed by atoms with Gasteiger partial charge in [0.2, 0.25) is 5.91 Å². The first-order valence-electron chi connectivity index (χ1n) is 7.54. The molecule has 4 N–H and O–H groups in total. The Balaban J connectivity index is 1.97. The summed E-state index contributed by atoms with van der Waals surface area (Å²) in [6, 6.07) is 11.2. The van der Waals surface area contributed by atoms with E-state index in [1.54, 1.807) is 19.1 Å². The molecule has 0 radical (unpaired) electrons. The normalized spacial score (nSPS) is 19.8. The van der Waals surface area contributed by atoms with E-state index in [0.29, 0.717) is 5.56 Å². The van der Waals surface area contributed by atoms with Crippen molar-refractivity contribution in [3.8, 4) is 0 Å². The number of nitrogens with two attached hydrogens (primary N) is 1. The minimum absolute atomic E-state index is 0.575. The highest BCUT2D eigenvalue weighted by molar-refractivity contribution is 6.11. The third-order valence-electron chi connectivity index (χ3n) is 4.17. The van der Waals surface area contributed by atoms with E-state index >= 15 is 0 Å². The van der Waals surface area contributed by atoms with E-state index in [0.717, 1.165) is 15.7 Å². The second kappa shape index (κ2) is 5.90. The van der Waals surface area contributed by atoms with Gasteiger partial charge in [-0.3, -0.25) is 19.8 Å². The number of urea groups is 2. The molecular weight excluding hydrogens is 324 g/mol. The zero-order chi connectivity index (χ0) is 18.2. The van der Waals surface area contributed by atoms with Crippen LogP contribution in [0.3, 0.4) is 0 Å². The van der Waals surface area contributed by atoms with Gasteiger partial charge in [-0.2, -0.15) is 0 Å². The fourth-order valence-electron chi connectivity index (χ4n) is 3.01. The summed E-state index contributed by atoms with van der Waals surface area (Å²) in [4.78, 5) is 48.2. The molecule has 2 aromatic rings. The summed E-state index contributed by atoms with van der Waals surface area (Å²) in [5, 5.41) is 6.22. The van der Waals surface area contributed by atoms with Crippen LogP contribution in [0.4, 0.5) is 9.59 Å². The van der Waals surface area contributed by atoms with Crippen molar-refractivity contribution in [2.45, 2.75) is 12.5 Å². The first-order chi connectivity index (χ1) is 11.8. The summed E-state index contributed by atoms with van der Waals surface area (Å²) in [6.45, 7) is 0.995. The van der Waals surface area contributed by atoms with Crippen LogP contribution >= 0.6 is 0 Å². The molecule has 1 aliphatic heterocycles. The summed E-state index contributed by atoms with van der Waals surface area (Å²) in [5.74, 6) is -1.41. The Bertz CT molecular complexity index is 905. The number of rotatable bonds is 3. The van der Waals surface area contributed by atoms with Crippen molar-refractivity contribution in [2.75, 3.05) is 6.54 Å². The Morgan fingerprint density at radius 3 is 2.56 bits per heavy atom. The van der Waals surface area contributed by atoms with Crippen molar-refractivity contribution >= 4 is 34.6 Å². The van der Waals surface area contributed by atoms with Crippen LogP contribution in [0, 0.1) is 0 Å².